The molecular weight excluding hydrogens is 193 g/mol. The fraction of sp³-hybridized carbons (Fsp3) is 0.600. The Morgan fingerprint density at radius 3 is 1.08 bits per heavy atom. The van der Waals surface area contributed by atoms with Crippen LogP contribution in [0.15, 0.2) is 0 Å². The molecule has 0 unspecified atom stereocenters. The summed E-state index contributed by atoms with van der Waals surface area (Å²) in [6.07, 6.45) is -3.27. The minimum atomic E-state index is -5.59. The fourth-order valence-electron chi connectivity index (χ4n) is 0.608. The second-order valence-corrected chi connectivity index (χ2v) is 2.04. The van der Waals surface area contributed by atoms with Gasteiger partial charge in [0.1, 0.15) is 0 Å². The van der Waals surface area contributed by atoms with Crippen LogP contribution in [0, 0.1) is 13.6 Å². The van der Waals surface area contributed by atoms with Crippen molar-refractivity contribution in [2.75, 3.05) is 0 Å². The monoisotopic (exact) mass is 196 g/mol. The lowest BCUT2D eigenvalue weighted by atomic mass is 9.82. The van der Waals surface area contributed by atoms with E-state index in [9.17, 15) is 30.7 Å². The summed E-state index contributed by atoms with van der Waals surface area (Å²) < 4.78 is 80.9. The maximum absolute atomic E-state index is 11.6. The smallest absolute Gasteiger partial charge is 0.226 e. The van der Waals surface area contributed by atoms with E-state index in [2.05, 4.69) is 0 Å². The third kappa shape index (κ3) is 0.791. The number of hydrogen-bond acceptors (Lipinski definition) is 0. The van der Waals surface area contributed by atoms with Crippen molar-refractivity contribution in [3.05, 3.63) is 13.6 Å². The van der Waals surface area contributed by atoms with E-state index >= 15 is 0 Å². The average Bonchev–Trinajstić information content (AvgIpc) is 1.84. The summed E-state index contributed by atoms with van der Waals surface area (Å²) in [5, 5.41) is 0. The first-order chi connectivity index (χ1) is 4.65. The van der Waals surface area contributed by atoms with Crippen molar-refractivity contribution in [2.24, 2.45) is 0 Å². The van der Waals surface area contributed by atoms with Crippen LogP contribution in [0.5, 0.6) is 0 Å². The molecule has 0 aliphatic heterocycles. The molecule has 1 rings (SSSR count). The molecule has 0 heterocycles. The first-order valence-corrected chi connectivity index (χ1v) is 2.32. The molecule has 1 aliphatic carbocycles. The zero-order chi connectivity index (χ0) is 9.08. The second-order valence-electron chi connectivity index (χ2n) is 2.04. The molecule has 0 nitrogen and oxygen atoms in total. The molecule has 0 aromatic carbocycles. The molecule has 0 bridgehead atoms. The number of halogens is 7. The topological polar surface area (TPSA) is 0 Å². The lowest BCUT2D eigenvalue weighted by molar-refractivity contribution is -0.391. The summed E-state index contributed by atoms with van der Waals surface area (Å²) in [5.74, 6) is -16.2. The van der Waals surface area contributed by atoms with Crippen molar-refractivity contribution in [2.45, 2.75) is 17.8 Å². The quantitative estimate of drug-likeness (QED) is 0.522. The summed E-state index contributed by atoms with van der Waals surface area (Å²) in [6.45, 7) is 0. The first kappa shape index (κ1) is 11.5. The molecular formula is C5H3F7. The van der Waals surface area contributed by atoms with Crippen molar-refractivity contribution < 1.29 is 30.7 Å². The van der Waals surface area contributed by atoms with Crippen LogP contribution in [-0.4, -0.2) is 17.8 Å². The van der Waals surface area contributed by atoms with Crippen LogP contribution in [0.2, 0.25) is 0 Å². The van der Waals surface area contributed by atoms with E-state index < -0.39 is 23.9 Å². The van der Waals surface area contributed by atoms with Gasteiger partial charge in [0.25, 0.3) is 6.17 Å². The molecule has 1 fully saturated rings. The van der Waals surface area contributed by atoms with Gasteiger partial charge in [-0.3, -0.25) is 0 Å². The lowest BCUT2D eigenvalue weighted by Gasteiger charge is -2.44. The zero-order valence-electron chi connectivity index (χ0n) is 5.65. The SMILES string of the molecule is F[C]1C(F)(F)C(F)(F)C1(F)F.[CH3]. The Morgan fingerprint density at radius 1 is 0.750 bits per heavy atom. The number of hydrogen-bond donors (Lipinski definition) is 0. The molecule has 0 atom stereocenters. The van der Waals surface area contributed by atoms with Gasteiger partial charge in [0.15, 0.2) is 0 Å². The second kappa shape index (κ2) is 2.26. The van der Waals surface area contributed by atoms with Gasteiger partial charge in [-0.2, -0.15) is 26.3 Å². The number of rotatable bonds is 0. The van der Waals surface area contributed by atoms with Crippen molar-refractivity contribution in [3.8, 4) is 0 Å². The zero-order valence-corrected chi connectivity index (χ0v) is 5.65. The van der Waals surface area contributed by atoms with Gasteiger partial charge in [0, 0.05) is 0 Å². The van der Waals surface area contributed by atoms with Crippen LogP contribution in [0.4, 0.5) is 30.7 Å². The largest absolute Gasteiger partial charge is 0.379 e. The van der Waals surface area contributed by atoms with Gasteiger partial charge < -0.3 is 0 Å². The van der Waals surface area contributed by atoms with Crippen molar-refractivity contribution in [1.29, 1.82) is 0 Å². The summed E-state index contributed by atoms with van der Waals surface area (Å²) in [6, 6.07) is 0. The van der Waals surface area contributed by atoms with E-state index in [-0.39, 0.29) is 7.43 Å². The normalized spacial score (nSPS) is 30.2. The highest BCUT2D eigenvalue weighted by Crippen LogP contribution is 2.66. The highest BCUT2D eigenvalue weighted by atomic mass is 19.4. The van der Waals surface area contributed by atoms with Crippen LogP contribution in [0.25, 0.3) is 0 Å². The van der Waals surface area contributed by atoms with E-state index in [1.807, 2.05) is 0 Å². The van der Waals surface area contributed by atoms with Crippen molar-refractivity contribution >= 4 is 0 Å². The predicted molar refractivity (Wildman–Crippen MR) is 25.6 cm³/mol. The lowest BCUT2D eigenvalue weighted by Crippen LogP contribution is -2.71. The van der Waals surface area contributed by atoms with Crippen molar-refractivity contribution in [1.82, 2.24) is 0 Å². The van der Waals surface area contributed by atoms with Crippen LogP contribution in [0.3, 0.4) is 0 Å². The van der Waals surface area contributed by atoms with E-state index in [1.54, 1.807) is 0 Å². The van der Waals surface area contributed by atoms with Gasteiger partial charge in [0.2, 0.25) is 0 Å². The molecule has 2 radical (unpaired) electrons. The fourth-order valence-corrected chi connectivity index (χ4v) is 0.608. The molecule has 1 saturated carbocycles. The Kier molecular flexibility index (Phi) is 2.17. The van der Waals surface area contributed by atoms with E-state index in [0.717, 1.165) is 0 Å². The Hall–Kier alpha value is -0.490. The van der Waals surface area contributed by atoms with Gasteiger partial charge in [-0.1, -0.05) is 7.43 Å². The molecule has 0 N–H and O–H groups in total. The van der Waals surface area contributed by atoms with Crippen LogP contribution < -0.4 is 0 Å². The van der Waals surface area contributed by atoms with Gasteiger partial charge in [-0.25, -0.2) is 4.39 Å². The summed E-state index contributed by atoms with van der Waals surface area (Å²) >= 11 is 0. The summed E-state index contributed by atoms with van der Waals surface area (Å²) in [5.41, 5.74) is 0. The molecule has 12 heavy (non-hydrogen) atoms. The molecule has 0 amide bonds. The third-order valence-electron chi connectivity index (χ3n) is 1.34. The molecule has 7 heteroatoms. The highest BCUT2D eigenvalue weighted by molar-refractivity contribution is 5.29. The maximum Gasteiger partial charge on any atom is 0.379 e. The maximum atomic E-state index is 11.6. The van der Waals surface area contributed by atoms with Gasteiger partial charge in [-0.15, -0.1) is 0 Å². The molecule has 0 saturated heterocycles. The Morgan fingerprint density at radius 2 is 1.00 bits per heavy atom. The predicted octanol–water partition coefficient (Wildman–Crippen LogP) is 2.86. The minimum absolute atomic E-state index is 0. The number of alkyl halides is 6. The molecule has 0 aromatic heterocycles. The van der Waals surface area contributed by atoms with Crippen LogP contribution >= 0.6 is 0 Å². The van der Waals surface area contributed by atoms with Gasteiger partial charge >= 0.3 is 17.8 Å². The summed E-state index contributed by atoms with van der Waals surface area (Å²) in [7, 11) is 0. The highest BCUT2D eigenvalue weighted by Gasteiger charge is 2.93. The Bertz CT molecular complexity index is 166. The van der Waals surface area contributed by atoms with E-state index in [0.29, 0.717) is 0 Å². The van der Waals surface area contributed by atoms with E-state index in [4.69, 9.17) is 0 Å². The Labute approximate surface area is 63.4 Å². The van der Waals surface area contributed by atoms with E-state index in [1.165, 1.54) is 0 Å². The Balaban J connectivity index is 0.00000121. The third-order valence-corrected chi connectivity index (χ3v) is 1.34. The van der Waals surface area contributed by atoms with Crippen LogP contribution in [-0.2, 0) is 0 Å². The van der Waals surface area contributed by atoms with Gasteiger partial charge in [0.05, 0.1) is 0 Å². The first-order valence-electron chi connectivity index (χ1n) is 2.32. The summed E-state index contributed by atoms with van der Waals surface area (Å²) in [4.78, 5) is 0. The van der Waals surface area contributed by atoms with Gasteiger partial charge in [-0.05, 0) is 0 Å². The van der Waals surface area contributed by atoms with Crippen molar-refractivity contribution in [3.63, 3.8) is 0 Å². The molecule has 1 aliphatic rings. The minimum Gasteiger partial charge on any atom is -0.226 e. The molecule has 72 valence electrons. The average molecular weight is 196 g/mol. The molecule has 0 aromatic rings. The standard InChI is InChI=1S/C4F7.CH3/c5-1-2(6,7)4(10,11)3(1,8)9;/h;1H3. The van der Waals surface area contributed by atoms with Crippen LogP contribution in [0.1, 0.15) is 0 Å². The molecule has 0 spiro atoms.